The van der Waals surface area contributed by atoms with Crippen molar-refractivity contribution in [1.29, 1.82) is 0 Å². The predicted octanol–water partition coefficient (Wildman–Crippen LogP) is 2.09. The standard InChI is InChI=1S/C13H16FN3O2/c1-8(2)17-12(11(19-3)7-16-17)13(18)9-4-10(14)6-15-5-9/h4-8,13,18H,1-3H3. The van der Waals surface area contributed by atoms with Crippen LogP contribution >= 0.6 is 0 Å². The summed E-state index contributed by atoms with van der Waals surface area (Å²) in [4.78, 5) is 3.74. The highest BCUT2D eigenvalue weighted by atomic mass is 19.1. The molecule has 6 heteroatoms. The average Bonchev–Trinajstić information content (AvgIpc) is 2.81. The van der Waals surface area contributed by atoms with E-state index in [1.807, 2.05) is 13.8 Å². The topological polar surface area (TPSA) is 60.2 Å². The number of hydrogen-bond donors (Lipinski definition) is 1. The van der Waals surface area contributed by atoms with E-state index in [-0.39, 0.29) is 6.04 Å². The second-order valence-corrected chi connectivity index (χ2v) is 4.48. The Morgan fingerprint density at radius 3 is 2.63 bits per heavy atom. The number of pyridine rings is 1. The van der Waals surface area contributed by atoms with E-state index in [0.29, 0.717) is 17.0 Å². The number of ether oxygens (including phenoxy) is 1. The Morgan fingerprint density at radius 1 is 1.32 bits per heavy atom. The number of methoxy groups -OCH3 is 1. The second kappa shape index (κ2) is 5.36. The highest BCUT2D eigenvalue weighted by molar-refractivity contribution is 5.34. The minimum absolute atomic E-state index is 0.0510. The first-order valence-corrected chi connectivity index (χ1v) is 5.94. The fraction of sp³-hybridized carbons (Fsp3) is 0.385. The number of hydrogen-bond acceptors (Lipinski definition) is 4. The molecule has 0 saturated carbocycles. The van der Waals surface area contributed by atoms with Crippen molar-refractivity contribution in [2.24, 2.45) is 0 Å². The van der Waals surface area contributed by atoms with Gasteiger partial charge in [-0.1, -0.05) is 0 Å². The van der Waals surface area contributed by atoms with E-state index in [2.05, 4.69) is 10.1 Å². The first kappa shape index (κ1) is 13.5. The third-order valence-electron chi connectivity index (χ3n) is 2.81. The molecule has 0 spiro atoms. The Bertz CT molecular complexity index is 569. The molecular formula is C13H16FN3O2. The van der Waals surface area contributed by atoms with Gasteiger partial charge in [-0.25, -0.2) is 4.39 Å². The maximum atomic E-state index is 13.2. The van der Waals surface area contributed by atoms with Gasteiger partial charge in [0.15, 0.2) is 5.75 Å². The summed E-state index contributed by atoms with van der Waals surface area (Å²) in [5.41, 5.74) is 0.852. The van der Waals surface area contributed by atoms with Gasteiger partial charge in [0.1, 0.15) is 17.6 Å². The molecule has 0 saturated heterocycles. The molecular weight excluding hydrogens is 249 g/mol. The van der Waals surface area contributed by atoms with Crippen molar-refractivity contribution in [1.82, 2.24) is 14.8 Å². The molecule has 0 aliphatic carbocycles. The fourth-order valence-corrected chi connectivity index (χ4v) is 1.92. The molecule has 0 amide bonds. The number of rotatable bonds is 4. The number of nitrogens with zero attached hydrogens (tertiary/aromatic N) is 3. The van der Waals surface area contributed by atoms with E-state index >= 15 is 0 Å². The maximum absolute atomic E-state index is 13.2. The second-order valence-electron chi connectivity index (χ2n) is 4.48. The Morgan fingerprint density at radius 2 is 2.05 bits per heavy atom. The van der Waals surface area contributed by atoms with E-state index in [9.17, 15) is 9.50 Å². The summed E-state index contributed by atoms with van der Waals surface area (Å²) in [6.07, 6.45) is 3.01. The lowest BCUT2D eigenvalue weighted by Gasteiger charge is -2.17. The molecule has 1 N–H and O–H groups in total. The Labute approximate surface area is 110 Å². The van der Waals surface area contributed by atoms with Gasteiger partial charge in [-0.15, -0.1) is 0 Å². The van der Waals surface area contributed by atoms with Crippen LogP contribution in [-0.2, 0) is 0 Å². The molecule has 2 rings (SSSR count). The highest BCUT2D eigenvalue weighted by Crippen LogP contribution is 2.31. The first-order valence-electron chi connectivity index (χ1n) is 5.94. The van der Waals surface area contributed by atoms with Gasteiger partial charge in [-0.05, 0) is 19.9 Å². The van der Waals surface area contributed by atoms with Gasteiger partial charge in [0.05, 0.1) is 19.5 Å². The third kappa shape index (κ3) is 2.58. The van der Waals surface area contributed by atoms with E-state index in [4.69, 9.17) is 4.74 Å². The molecule has 1 unspecified atom stereocenters. The van der Waals surface area contributed by atoms with E-state index in [1.165, 1.54) is 25.6 Å². The van der Waals surface area contributed by atoms with Crippen molar-refractivity contribution in [3.05, 3.63) is 41.7 Å². The minimum Gasteiger partial charge on any atom is -0.493 e. The number of aliphatic hydroxyl groups is 1. The SMILES string of the molecule is COc1cnn(C(C)C)c1C(O)c1cncc(F)c1. The predicted molar refractivity (Wildman–Crippen MR) is 67.4 cm³/mol. The molecule has 2 heterocycles. The van der Waals surface area contributed by atoms with Crippen LogP contribution in [0.4, 0.5) is 4.39 Å². The van der Waals surface area contributed by atoms with Crippen molar-refractivity contribution in [2.75, 3.05) is 7.11 Å². The number of aromatic nitrogens is 3. The van der Waals surface area contributed by atoms with Crippen LogP contribution in [0.25, 0.3) is 0 Å². The monoisotopic (exact) mass is 265 g/mol. The van der Waals surface area contributed by atoms with Crippen molar-refractivity contribution in [3.63, 3.8) is 0 Å². The largest absolute Gasteiger partial charge is 0.493 e. The molecule has 0 fully saturated rings. The summed E-state index contributed by atoms with van der Waals surface area (Å²) in [6, 6.07) is 1.30. The summed E-state index contributed by atoms with van der Waals surface area (Å²) in [7, 11) is 1.50. The van der Waals surface area contributed by atoms with Crippen LogP contribution < -0.4 is 4.74 Å². The van der Waals surface area contributed by atoms with Crippen LogP contribution in [0.15, 0.2) is 24.7 Å². The molecule has 0 radical (unpaired) electrons. The van der Waals surface area contributed by atoms with E-state index in [1.54, 1.807) is 4.68 Å². The van der Waals surface area contributed by atoms with Crippen LogP contribution in [-0.4, -0.2) is 27.0 Å². The molecule has 102 valence electrons. The molecule has 2 aromatic rings. The lowest BCUT2D eigenvalue weighted by Crippen LogP contribution is -2.13. The van der Waals surface area contributed by atoms with Gasteiger partial charge in [0.2, 0.25) is 0 Å². The summed E-state index contributed by atoms with van der Waals surface area (Å²) in [5.74, 6) is -0.0309. The highest BCUT2D eigenvalue weighted by Gasteiger charge is 2.23. The smallest absolute Gasteiger partial charge is 0.163 e. The van der Waals surface area contributed by atoms with Gasteiger partial charge >= 0.3 is 0 Å². The van der Waals surface area contributed by atoms with Crippen molar-refractivity contribution in [2.45, 2.75) is 26.0 Å². The van der Waals surface area contributed by atoms with Crippen molar-refractivity contribution >= 4 is 0 Å². The van der Waals surface area contributed by atoms with Gasteiger partial charge in [0.25, 0.3) is 0 Å². The molecule has 0 aliphatic heterocycles. The quantitative estimate of drug-likeness (QED) is 0.919. The zero-order valence-electron chi connectivity index (χ0n) is 11.0. The molecule has 0 aliphatic rings. The van der Waals surface area contributed by atoms with Crippen LogP contribution in [0.2, 0.25) is 0 Å². The maximum Gasteiger partial charge on any atom is 0.163 e. The zero-order valence-corrected chi connectivity index (χ0v) is 11.0. The summed E-state index contributed by atoms with van der Waals surface area (Å²) < 4.78 is 20.0. The molecule has 1 atom stereocenters. The minimum atomic E-state index is -1.04. The van der Waals surface area contributed by atoms with Gasteiger partial charge in [-0.3, -0.25) is 9.67 Å². The van der Waals surface area contributed by atoms with Crippen molar-refractivity contribution < 1.29 is 14.2 Å². The Hall–Kier alpha value is -1.95. The summed E-state index contributed by atoms with van der Waals surface area (Å²) >= 11 is 0. The van der Waals surface area contributed by atoms with Crippen molar-refractivity contribution in [3.8, 4) is 5.75 Å². The van der Waals surface area contributed by atoms with E-state index < -0.39 is 11.9 Å². The van der Waals surface area contributed by atoms with Crippen LogP contribution in [0, 0.1) is 5.82 Å². The van der Waals surface area contributed by atoms with E-state index in [0.717, 1.165) is 6.20 Å². The third-order valence-corrected chi connectivity index (χ3v) is 2.81. The lowest BCUT2D eigenvalue weighted by atomic mass is 10.1. The summed E-state index contributed by atoms with van der Waals surface area (Å²) in [5, 5.41) is 14.6. The van der Waals surface area contributed by atoms with Gasteiger partial charge < -0.3 is 9.84 Å². The molecule has 0 aromatic carbocycles. The Balaban J connectivity index is 2.48. The normalized spacial score (nSPS) is 12.7. The van der Waals surface area contributed by atoms with Crippen LogP contribution in [0.5, 0.6) is 5.75 Å². The Kier molecular flexibility index (Phi) is 3.80. The molecule has 0 bridgehead atoms. The molecule has 5 nitrogen and oxygen atoms in total. The first-order chi connectivity index (χ1) is 9.04. The fourth-order valence-electron chi connectivity index (χ4n) is 1.92. The van der Waals surface area contributed by atoms with Crippen LogP contribution in [0.1, 0.15) is 37.3 Å². The zero-order chi connectivity index (χ0) is 14.0. The number of aliphatic hydroxyl groups excluding tert-OH is 1. The molecule has 2 aromatic heterocycles. The average molecular weight is 265 g/mol. The lowest BCUT2D eigenvalue weighted by molar-refractivity contribution is 0.198. The molecule has 19 heavy (non-hydrogen) atoms. The number of halogens is 1. The van der Waals surface area contributed by atoms with Gasteiger partial charge in [0, 0.05) is 17.8 Å². The summed E-state index contributed by atoms with van der Waals surface area (Å²) in [6.45, 7) is 3.87. The van der Waals surface area contributed by atoms with Gasteiger partial charge in [-0.2, -0.15) is 5.10 Å². The van der Waals surface area contributed by atoms with Crippen LogP contribution in [0.3, 0.4) is 0 Å².